The quantitative estimate of drug-likeness (QED) is 0.461. The average molecular weight is 243 g/mol. The molecule has 0 aliphatic heterocycles. The van der Waals surface area contributed by atoms with Crippen LogP contribution >= 0.6 is 0 Å². The van der Waals surface area contributed by atoms with Gasteiger partial charge in [0.1, 0.15) is 0 Å². The first-order chi connectivity index (χ1) is 8.65. The Balaban J connectivity index is 0.000000134. The standard InChI is InChI=1S/C8H7N.C3H6N6/c1-2-4-8-7(3-1)5-6-9-8;4-1-7-2(5)9-3(6)8-1/h1-6,9H;(H6,4,5,6,7,8,9). The summed E-state index contributed by atoms with van der Waals surface area (Å²) in [6, 6.07) is 10.3. The molecular weight excluding hydrogens is 230 g/mol. The third-order valence-electron chi connectivity index (χ3n) is 2.15. The van der Waals surface area contributed by atoms with Crippen molar-refractivity contribution in [3.05, 3.63) is 36.5 Å². The monoisotopic (exact) mass is 243 g/mol. The summed E-state index contributed by atoms with van der Waals surface area (Å²) < 4.78 is 0. The van der Waals surface area contributed by atoms with Gasteiger partial charge in [-0.1, -0.05) is 18.2 Å². The largest absolute Gasteiger partial charge is 0.368 e. The molecule has 3 aromatic rings. The van der Waals surface area contributed by atoms with Gasteiger partial charge in [0.05, 0.1) is 0 Å². The van der Waals surface area contributed by atoms with E-state index in [0.29, 0.717) is 0 Å². The highest BCUT2D eigenvalue weighted by Gasteiger charge is 1.93. The van der Waals surface area contributed by atoms with Crippen LogP contribution in [0.3, 0.4) is 0 Å². The van der Waals surface area contributed by atoms with Gasteiger partial charge in [-0.3, -0.25) is 0 Å². The fourth-order valence-corrected chi connectivity index (χ4v) is 1.42. The minimum absolute atomic E-state index is 0.0417. The van der Waals surface area contributed by atoms with Gasteiger partial charge in [0.2, 0.25) is 17.8 Å². The van der Waals surface area contributed by atoms with Gasteiger partial charge in [0.15, 0.2) is 0 Å². The van der Waals surface area contributed by atoms with Gasteiger partial charge in [-0.25, -0.2) is 0 Å². The first kappa shape index (κ1) is 11.6. The second-order valence-electron chi connectivity index (χ2n) is 3.47. The van der Waals surface area contributed by atoms with E-state index in [0.717, 1.165) is 0 Å². The van der Waals surface area contributed by atoms with Gasteiger partial charge in [-0.15, -0.1) is 0 Å². The Morgan fingerprint density at radius 2 is 1.33 bits per heavy atom. The van der Waals surface area contributed by atoms with Crippen LogP contribution in [0.4, 0.5) is 17.8 Å². The second-order valence-corrected chi connectivity index (χ2v) is 3.47. The highest BCUT2D eigenvalue weighted by Crippen LogP contribution is 2.09. The number of para-hydroxylation sites is 1. The van der Waals surface area contributed by atoms with Gasteiger partial charge in [0, 0.05) is 11.7 Å². The number of rotatable bonds is 0. The Labute approximate surface area is 103 Å². The zero-order valence-corrected chi connectivity index (χ0v) is 9.54. The van der Waals surface area contributed by atoms with Crippen LogP contribution in [0.25, 0.3) is 10.9 Å². The molecule has 7 N–H and O–H groups in total. The number of benzene rings is 1. The van der Waals surface area contributed by atoms with Crippen LogP contribution in [-0.2, 0) is 0 Å². The van der Waals surface area contributed by atoms with Crippen molar-refractivity contribution < 1.29 is 0 Å². The predicted octanol–water partition coefficient (Wildman–Crippen LogP) is 0.786. The smallest absolute Gasteiger partial charge is 0.226 e. The summed E-state index contributed by atoms with van der Waals surface area (Å²) in [7, 11) is 0. The van der Waals surface area contributed by atoms with Crippen molar-refractivity contribution in [3.8, 4) is 0 Å². The first-order valence-electron chi connectivity index (χ1n) is 5.20. The number of anilines is 3. The van der Waals surface area contributed by atoms with Gasteiger partial charge >= 0.3 is 0 Å². The van der Waals surface area contributed by atoms with E-state index in [1.165, 1.54) is 10.9 Å². The topological polar surface area (TPSA) is 133 Å². The Kier molecular flexibility index (Phi) is 3.24. The number of aromatic nitrogens is 4. The highest BCUT2D eigenvalue weighted by atomic mass is 15.2. The van der Waals surface area contributed by atoms with Crippen molar-refractivity contribution in [2.75, 3.05) is 17.2 Å². The van der Waals surface area contributed by atoms with Crippen LogP contribution in [0.5, 0.6) is 0 Å². The number of hydrogen-bond acceptors (Lipinski definition) is 6. The molecule has 0 aliphatic carbocycles. The number of H-pyrrole nitrogens is 1. The lowest BCUT2D eigenvalue weighted by Gasteiger charge is -1.93. The molecule has 2 aromatic heterocycles. The molecule has 0 fully saturated rings. The molecule has 0 spiro atoms. The summed E-state index contributed by atoms with van der Waals surface area (Å²) in [5.41, 5.74) is 16.6. The molecule has 0 aliphatic rings. The van der Waals surface area contributed by atoms with E-state index in [1.807, 2.05) is 18.3 Å². The van der Waals surface area contributed by atoms with Crippen molar-refractivity contribution in [3.63, 3.8) is 0 Å². The molecular formula is C11H13N7. The maximum Gasteiger partial charge on any atom is 0.226 e. The van der Waals surface area contributed by atoms with Crippen molar-refractivity contribution >= 4 is 28.7 Å². The number of nitrogens with two attached hydrogens (primary N) is 3. The van der Waals surface area contributed by atoms with Crippen LogP contribution in [-0.4, -0.2) is 19.9 Å². The third-order valence-corrected chi connectivity index (χ3v) is 2.15. The zero-order chi connectivity index (χ0) is 13.0. The van der Waals surface area contributed by atoms with Crippen LogP contribution in [0.2, 0.25) is 0 Å². The SMILES string of the molecule is Nc1nc(N)nc(N)n1.c1ccc2[nH]ccc2c1. The van der Waals surface area contributed by atoms with Crippen molar-refractivity contribution in [2.45, 2.75) is 0 Å². The van der Waals surface area contributed by atoms with Crippen molar-refractivity contribution in [2.24, 2.45) is 0 Å². The van der Waals surface area contributed by atoms with Crippen molar-refractivity contribution in [1.82, 2.24) is 19.9 Å². The van der Waals surface area contributed by atoms with Crippen LogP contribution in [0.1, 0.15) is 0 Å². The first-order valence-corrected chi connectivity index (χ1v) is 5.20. The lowest BCUT2D eigenvalue weighted by Crippen LogP contribution is -2.05. The van der Waals surface area contributed by atoms with Gasteiger partial charge in [0.25, 0.3) is 0 Å². The van der Waals surface area contributed by atoms with Crippen molar-refractivity contribution in [1.29, 1.82) is 0 Å². The minimum Gasteiger partial charge on any atom is -0.368 e. The van der Waals surface area contributed by atoms with E-state index >= 15 is 0 Å². The minimum atomic E-state index is 0.0417. The van der Waals surface area contributed by atoms with Gasteiger partial charge in [-0.2, -0.15) is 15.0 Å². The molecule has 7 heteroatoms. The fraction of sp³-hybridized carbons (Fsp3) is 0. The Hall–Kier alpha value is -2.83. The van der Waals surface area contributed by atoms with E-state index in [2.05, 4.69) is 38.1 Å². The maximum atomic E-state index is 5.14. The lowest BCUT2D eigenvalue weighted by atomic mass is 10.3. The molecule has 3 rings (SSSR count). The summed E-state index contributed by atoms with van der Waals surface area (Å²) in [6.45, 7) is 0. The molecule has 0 saturated carbocycles. The van der Waals surface area contributed by atoms with E-state index in [-0.39, 0.29) is 17.8 Å². The molecule has 0 radical (unpaired) electrons. The number of aromatic amines is 1. The van der Waals surface area contributed by atoms with E-state index < -0.39 is 0 Å². The molecule has 92 valence electrons. The van der Waals surface area contributed by atoms with E-state index in [1.54, 1.807) is 0 Å². The van der Waals surface area contributed by atoms with E-state index in [4.69, 9.17) is 17.2 Å². The van der Waals surface area contributed by atoms with Gasteiger partial charge in [-0.05, 0) is 17.5 Å². The molecule has 1 aromatic carbocycles. The summed E-state index contributed by atoms with van der Waals surface area (Å²) in [5.74, 6) is 0.125. The number of nitrogen functional groups attached to an aromatic ring is 3. The molecule has 0 saturated heterocycles. The fourth-order valence-electron chi connectivity index (χ4n) is 1.42. The number of nitrogens with zero attached hydrogens (tertiary/aromatic N) is 3. The molecule has 18 heavy (non-hydrogen) atoms. The zero-order valence-electron chi connectivity index (χ0n) is 9.54. The molecule has 0 amide bonds. The van der Waals surface area contributed by atoms with E-state index in [9.17, 15) is 0 Å². The molecule has 0 atom stereocenters. The summed E-state index contributed by atoms with van der Waals surface area (Å²) in [4.78, 5) is 13.6. The second kappa shape index (κ2) is 5.00. The van der Waals surface area contributed by atoms with Crippen LogP contribution in [0.15, 0.2) is 36.5 Å². The average Bonchev–Trinajstić information content (AvgIpc) is 2.75. The maximum absolute atomic E-state index is 5.14. The normalized spacial score (nSPS) is 9.78. The van der Waals surface area contributed by atoms with Crippen LogP contribution in [0, 0.1) is 0 Å². The summed E-state index contributed by atoms with van der Waals surface area (Å²) in [6.07, 6.45) is 1.95. The third kappa shape index (κ3) is 2.85. The number of fused-ring (bicyclic) bond motifs is 1. The summed E-state index contributed by atoms with van der Waals surface area (Å²) >= 11 is 0. The molecule has 2 heterocycles. The highest BCUT2D eigenvalue weighted by molar-refractivity contribution is 5.78. The predicted molar refractivity (Wildman–Crippen MR) is 71.4 cm³/mol. The molecule has 7 nitrogen and oxygen atoms in total. The number of hydrogen-bond donors (Lipinski definition) is 4. The number of nitrogens with one attached hydrogen (secondary N) is 1. The molecule has 0 bridgehead atoms. The summed E-state index contributed by atoms with van der Waals surface area (Å²) in [5, 5.41) is 1.28. The van der Waals surface area contributed by atoms with Gasteiger partial charge < -0.3 is 22.2 Å². The van der Waals surface area contributed by atoms with Crippen LogP contribution < -0.4 is 17.2 Å². The lowest BCUT2D eigenvalue weighted by molar-refractivity contribution is 1.09. The Morgan fingerprint density at radius 1 is 0.778 bits per heavy atom. The molecule has 0 unspecified atom stereocenters. The Morgan fingerprint density at radius 3 is 1.89 bits per heavy atom. The Bertz CT molecular complexity index is 566.